The van der Waals surface area contributed by atoms with Crippen molar-refractivity contribution in [1.29, 1.82) is 0 Å². The van der Waals surface area contributed by atoms with Crippen LogP contribution in [-0.4, -0.2) is 20.8 Å². The molecule has 3 heteroatoms. The smallest absolute Gasteiger partial charge is 0.189 e. The summed E-state index contributed by atoms with van der Waals surface area (Å²) in [4.78, 5) is 0. The van der Waals surface area contributed by atoms with Crippen LogP contribution in [0.15, 0.2) is 0 Å². The summed E-state index contributed by atoms with van der Waals surface area (Å²) in [5.41, 5.74) is 0. The van der Waals surface area contributed by atoms with E-state index >= 15 is 0 Å². The Morgan fingerprint density at radius 3 is 2.38 bits per heavy atom. The van der Waals surface area contributed by atoms with Gasteiger partial charge in [0.25, 0.3) is 0 Å². The van der Waals surface area contributed by atoms with Gasteiger partial charge in [-0.3, -0.25) is 0 Å². The summed E-state index contributed by atoms with van der Waals surface area (Å²) < 4.78 is 6.00. The normalized spacial score (nSPS) is 15.7. The number of rotatable bonds is 8. The molecule has 0 aliphatic rings. The summed E-state index contributed by atoms with van der Waals surface area (Å²) in [7, 11) is -1.37. The van der Waals surface area contributed by atoms with E-state index in [1.807, 2.05) is 0 Å². The van der Waals surface area contributed by atoms with Crippen LogP contribution in [0.1, 0.15) is 33.1 Å². The fourth-order valence-corrected chi connectivity index (χ4v) is 3.88. The van der Waals surface area contributed by atoms with Crippen LogP contribution in [0.5, 0.6) is 0 Å². The Balaban J connectivity index is 3.67. The lowest BCUT2D eigenvalue weighted by Crippen LogP contribution is -2.33. The van der Waals surface area contributed by atoms with E-state index in [1.54, 1.807) is 0 Å². The highest BCUT2D eigenvalue weighted by atomic mass is 35.5. The Hall–Kier alpha value is 0.467. The average Bonchev–Trinajstić information content (AvgIpc) is 2.15. The molecule has 0 N–H and O–H groups in total. The van der Waals surface area contributed by atoms with Gasteiger partial charge in [0.15, 0.2) is 8.32 Å². The zero-order valence-electron chi connectivity index (χ0n) is 9.24. The minimum absolute atomic E-state index is 0.778. The molecule has 0 rings (SSSR count). The molecule has 0 radical (unpaired) electrons. The number of halogens is 1. The van der Waals surface area contributed by atoms with Gasteiger partial charge >= 0.3 is 0 Å². The van der Waals surface area contributed by atoms with Gasteiger partial charge in [0.1, 0.15) is 0 Å². The molecule has 80 valence electrons. The molecule has 0 fully saturated rings. The monoisotopic (exact) mass is 222 g/mol. The maximum Gasteiger partial charge on any atom is 0.189 e. The molecule has 0 bridgehead atoms. The SMILES string of the molecule is CCCCO[Si](C)(CC)CCCCl. The second-order valence-corrected chi connectivity index (χ2v) is 8.57. The maximum atomic E-state index is 6.00. The molecule has 0 aliphatic carbocycles. The first kappa shape index (κ1) is 13.5. The van der Waals surface area contributed by atoms with Crippen LogP contribution in [0.2, 0.25) is 18.6 Å². The van der Waals surface area contributed by atoms with Crippen LogP contribution < -0.4 is 0 Å². The van der Waals surface area contributed by atoms with E-state index in [-0.39, 0.29) is 0 Å². The van der Waals surface area contributed by atoms with Gasteiger partial charge in [-0.1, -0.05) is 20.3 Å². The third kappa shape index (κ3) is 6.53. The Morgan fingerprint density at radius 2 is 1.92 bits per heavy atom. The first-order valence-corrected chi connectivity index (χ1v) is 8.74. The van der Waals surface area contributed by atoms with Gasteiger partial charge in [0.2, 0.25) is 0 Å². The molecular formula is C10H23ClOSi. The predicted molar refractivity (Wildman–Crippen MR) is 63.1 cm³/mol. The number of hydrogen-bond donors (Lipinski definition) is 0. The lowest BCUT2D eigenvalue weighted by Gasteiger charge is -2.25. The fourth-order valence-electron chi connectivity index (χ4n) is 1.25. The van der Waals surface area contributed by atoms with Crippen LogP contribution in [0.25, 0.3) is 0 Å². The minimum atomic E-state index is -1.37. The van der Waals surface area contributed by atoms with Gasteiger partial charge < -0.3 is 4.43 Å². The van der Waals surface area contributed by atoms with E-state index in [0.717, 1.165) is 18.9 Å². The Labute approximate surface area is 88.9 Å². The van der Waals surface area contributed by atoms with Crippen LogP contribution in [-0.2, 0) is 4.43 Å². The number of hydrogen-bond acceptors (Lipinski definition) is 1. The lowest BCUT2D eigenvalue weighted by molar-refractivity contribution is 0.294. The molecule has 0 saturated heterocycles. The van der Waals surface area contributed by atoms with Crippen LogP contribution in [0, 0.1) is 0 Å². The van der Waals surface area contributed by atoms with Gasteiger partial charge in [0, 0.05) is 12.5 Å². The second-order valence-electron chi connectivity index (χ2n) is 3.80. The molecule has 13 heavy (non-hydrogen) atoms. The molecule has 0 aromatic carbocycles. The molecule has 0 heterocycles. The first-order valence-electron chi connectivity index (χ1n) is 5.38. The lowest BCUT2D eigenvalue weighted by atomic mass is 10.4. The molecule has 0 amide bonds. The molecule has 0 aliphatic heterocycles. The highest BCUT2D eigenvalue weighted by Gasteiger charge is 2.25. The molecule has 1 atom stereocenters. The summed E-state index contributed by atoms with van der Waals surface area (Å²) >= 11 is 5.69. The molecule has 0 aromatic heterocycles. The molecular weight excluding hydrogens is 200 g/mol. The molecule has 1 unspecified atom stereocenters. The number of alkyl halides is 1. The third-order valence-corrected chi connectivity index (χ3v) is 6.61. The Morgan fingerprint density at radius 1 is 1.23 bits per heavy atom. The van der Waals surface area contributed by atoms with E-state index in [0.29, 0.717) is 0 Å². The van der Waals surface area contributed by atoms with E-state index < -0.39 is 8.32 Å². The van der Waals surface area contributed by atoms with Crippen molar-refractivity contribution in [3.8, 4) is 0 Å². The summed E-state index contributed by atoms with van der Waals surface area (Å²) in [5.74, 6) is 0.778. The Kier molecular flexibility index (Phi) is 8.11. The van der Waals surface area contributed by atoms with Gasteiger partial charge in [0.05, 0.1) is 0 Å². The summed E-state index contributed by atoms with van der Waals surface area (Å²) in [6, 6.07) is 2.43. The van der Waals surface area contributed by atoms with Crippen molar-refractivity contribution in [3.63, 3.8) is 0 Å². The Bertz CT molecular complexity index is 121. The zero-order chi connectivity index (χ0) is 10.2. The van der Waals surface area contributed by atoms with Crippen LogP contribution in [0.3, 0.4) is 0 Å². The average molecular weight is 223 g/mol. The van der Waals surface area contributed by atoms with Crippen molar-refractivity contribution < 1.29 is 4.43 Å². The highest BCUT2D eigenvalue weighted by molar-refractivity contribution is 6.72. The van der Waals surface area contributed by atoms with Gasteiger partial charge in [-0.25, -0.2) is 0 Å². The van der Waals surface area contributed by atoms with E-state index in [2.05, 4.69) is 20.4 Å². The van der Waals surface area contributed by atoms with Crippen molar-refractivity contribution in [1.82, 2.24) is 0 Å². The minimum Gasteiger partial charge on any atom is -0.417 e. The molecule has 0 spiro atoms. The highest BCUT2D eigenvalue weighted by Crippen LogP contribution is 2.19. The van der Waals surface area contributed by atoms with Crippen molar-refractivity contribution in [2.45, 2.75) is 51.7 Å². The van der Waals surface area contributed by atoms with Crippen LogP contribution >= 0.6 is 11.6 Å². The fraction of sp³-hybridized carbons (Fsp3) is 1.00. The topological polar surface area (TPSA) is 9.23 Å². The van der Waals surface area contributed by atoms with Crippen molar-refractivity contribution in [3.05, 3.63) is 0 Å². The number of unbranched alkanes of at least 4 members (excludes halogenated alkanes) is 1. The summed E-state index contributed by atoms with van der Waals surface area (Å²) in [6.45, 7) is 7.73. The van der Waals surface area contributed by atoms with Gasteiger partial charge in [-0.15, -0.1) is 11.6 Å². The first-order chi connectivity index (χ1) is 6.18. The summed E-state index contributed by atoms with van der Waals surface area (Å²) in [6.07, 6.45) is 3.54. The standard InChI is InChI=1S/C10H23ClOSi/c1-4-6-9-12-13(3,5-2)10-7-8-11/h4-10H2,1-3H3. The quantitative estimate of drug-likeness (QED) is 0.342. The van der Waals surface area contributed by atoms with Crippen molar-refractivity contribution in [2.75, 3.05) is 12.5 Å². The third-order valence-electron chi connectivity index (χ3n) is 2.54. The maximum absolute atomic E-state index is 6.00. The van der Waals surface area contributed by atoms with E-state index in [1.165, 1.54) is 24.9 Å². The largest absolute Gasteiger partial charge is 0.417 e. The van der Waals surface area contributed by atoms with E-state index in [9.17, 15) is 0 Å². The van der Waals surface area contributed by atoms with Crippen molar-refractivity contribution >= 4 is 19.9 Å². The zero-order valence-corrected chi connectivity index (χ0v) is 11.0. The van der Waals surface area contributed by atoms with Gasteiger partial charge in [-0.05, 0) is 31.5 Å². The summed E-state index contributed by atoms with van der Waals surface area (Å²) in [5, 5.41) is 0. The van der Waals surface area contributed by atoms with Gasteiger partial charge in [-0.2, -0.15) is 0 Å². The van der Waals surface area contributed by atoms with E-state index in [4.69, 9.17) is 16.0 Å². The van der Waals surface area contributed by atoms with Crippen molar-refractivity contribution in [2.24, 2.45) is 0 Å². The molecule has 0 saturated carbocycles. The molecule has 0 aromatic rings. The molecule has 1 nitrogen and oxygen atoms in total. The second kappa shape index (κ2) is 7.83. The predicted octanol–water partition coefficient (Wildman–Crippen LogP) is 4.03. The van der Waals surface area contributed by atoms with Crippen LogP contribution in [0.4, 0.5) is 0 Å².